The lowest BCUT2D eigenvalue weighted by Crippen LogP contribution is -1.92. The summed E-state index contributed by atoms with van der Waals surface area (Å²) in [4.78, 5) is 0. The largest absolute Gasteiger partial charge is 0.497 e. The van der Waals surface area contributed by atoms with Crippen molar-refractivity contribution in [2.45, 2.75) is 6.92 Å². The van der Waals surface area contributed by atoms with E-state index in [9.17, 15) is 5.26 Å². The summed E-state index contributed by atoms with van der Waals surface area (Å²) in [5.41, 5.74) is 5.82. The first-order chi connectivity index (χ1) is 12.2. The Kier molecular flexibility index (Phi) is 4.72. The lowest BCUT2D eigenvalue weighted by Gasteiger charge is -2.12. The molecule has 124 valence electrons. The zero-order valence-electron chi connectivity index (χ0n) is 14.5. The van der Waals surface area contributed by atoms with Crippen molar-refractivity contribution in [1.29, 1.82) is 5.26 Å². The first-order valence-electron chi connectivity index (χ1n) is 8.00. The highest BCUT2D eigenvalue weighted by Gasteiger charge is 2.11. The maximum absolute atomic E-state index is 9.54. The van der Waals surface area contributed by atoms with E-state index in [1.165, 1.54) is 0 Å². The molecule has 0 atom stereocenters. The van der Waals surface area contributed by atoms with Gasteiger partial charge in [-0.2, -0.15) is 5.26 Å². The summed E-state index contributed by atoms with van der Waals surface area (Å²) >= 11 is 0. The quantitative estimate of drug-likeness (QED) is 0.659. The smallest absolute Gasteiger partial charge is 0.118 e. The maximum Gasteiger partial charge on any atom is 0.118 e. The molecule has 3 nitrogen and oxygen atoms in total. The van der Waals surface area contributed by atoms with Crippen LogP contribution in [0.1, 0.15) is 11.1 Å². The van der Waals surface area contributed by atoms with Gasteiger partial charge in [0.05, 0.1) is 25.9 Å². The molecular weight excluding hydrogens is 310 g/mol. The number of methoxy groups -OCH3 is 2. The number of nitriles is 1. The first-order valence-corrected chi connectivity index (χ1v) is 8.00. The second-order valence-corrected chi connectivity index (χ2v) is 5.77. The molecule has 0 heterocycles. The molecule has 0 aliphatic carbocycles. The van der Waals surface area contributed by atoms with Crippen LogP contribution in [0.25, 0.3) is 22.3 Å². The van der Waals surface area contributed by atoms with Crippen LogP contribution in [0.5, 0.6) is 11.5 Å². The number of hydrogen-bond acceptors (Lipinski definition) is 3. The topological polar surface area (TPSA) is 42.2 Å². The lowest BCUT2D eigenvalue weighted by molar-refractivity contribution is 0.415. The minimum Gasteiger partial charge on any atom is -0.497 e. The van der Waals surface area contributed by atoms with Crippen LogP contribution in [0, 0.1) is 18.3 Å². The molecule has 0 bridgehead atoms. The van der Waals surface area contributed by atoms with E-state index in [0.717, 1.165) is 39.3 Å². The molecule has 0 radical (unpaired) electrons. The minimum atomic E-state index is 0.680. The van der Waals surface area contributed by atoms with Gasteiger partial charge < -0.3 is 9.47 Å². The van der Waals surface area contributed by atoms with Crippen molar-refractivity contribution < 1.29 is 9.47 Å². The van der Waals surface area contributed by atoms with Crippen LogP contribution in [-0.4, -0.2) is 14.2 Å². The van der Waals surface area contributed by atoms with Gasteiger partial charge >= 0.3 is 0 Å². The average molecular weight is 329 g/mol. The third kappa shape index (κ3) is 3.34. The molecule has 0 spiro atoms. The number of hydrogen-bond donors (Lipinski definition) is 0. The van der Waals surface area contributed by atoms with E-state index in [1.54, 1.807) is 14.2 Å². The van der Waals surface area contributed by atoms with Crippen LogP contribution >= 0.6 is 0 Å². The van der Waals surface area contributed by atoms with E-state index in [2.05, 4.69) is 12.1 Å². The van der Waals surface area contributed by atoms with Gasteiger partial charge in [0.25, 0.3) is 0 Å². The van der Waals surface area contributed by atoms with Crippen LogP contribution < -0.4 is 9.47 Å². The number of rotatable bonds is 4. The van der Waals surface area contributed by atoms with Crippen molar-refractivity contribution >= 4 is 0 Å². The van der Waals surface area contributed by atoms with Crippen LogP contribution in [0.15, 0.2) is 60.7 Å². The molecule has 25 heavy (non-hydrogen) atoms. The van der Waals surface area contributed by atoms with Gasteiger partial charge in [-0.25, -0.2) is 0 Å². The highest BCUT2D eigenvalue weighted by Crippen LogP contribution is 2.33. The van der Waals surface area contributed by atoms with E-state index in [1.807, 2.05) is 61.5 Å². The normalized spacial score (nSPS) is 10.2. The molecule has 0 aromatic heterocycles. The van der Waals surface area contributed by atoms with Crippen LogP contribution in [0.2, 0.25) is 0 Å². The van der Waals surface area contributed by atoms with Gasteiger partial charge in [0, 0.05) is 0 Å². The molecule has 0 saturated heterocycles. The number of nitrogens with zero attached hydrogens (tertiary/aromatic N) is 1. The van der Waals surface area contributed by atoms with E-state index in [0.29, 0.717) is 5.56 Å². The Morgan fingerprint density at radius 1 is 0.720 bits per heavy atom. The molecule has 3 aromatic carbocycles. The van der Waals surface area contributed by atoms with Crippen LogP contribution in [0.4, 0.5) is 0 Å². The molecular formula is C22H19NO2. The van der Waals surface area contributed by atoms with E-state index >= 15 is 0 Å². The maximum atomic E-state index is 9.54. The van der Waals surface area contributed by atoms with Crippen LogP contribution in [0.3, 0.4) is 0 Å². The summed E-state index contributed by atoms with van der Waals surface area (Å²) in [7, 11) is 3.30. The molecule has 0 amide bonds. The predicted octanol–water partition coefficient (Wildman–Crippen LogP) is 5.22. The second-order valence-electron chi connectivity index (χ2n) is 5.77. The highest BCUT2D eigenvalue weighted by molar-refractivity contribution is 5.78. The third-order valence-corrected chi connectivity index (χ3v) is 4.35. The van der Waals surface area contributed by atoms with Crippen LogP contribution in [-0.2, 0) is 0 Å². The molecule has 0 aliphatic heterocycles. The summed E-state index contributed by atoms with van der Waals surface area (Å²) in [6.45, 7) is 1.98. The Balaban J connectivity index is 2.12. The zero-order chi connectivity index (χ0) is 17.8. The van der Waals surface area contributed by atoms with Gasteiger partial charge in [0.1, 0.15) is 11.5 Å². The molecule has 0 N–H and O–H groups in total. The standard InChI is InChI=1S/C22H19NO2/c1-15-19(14-23)12-18(16-4-8-20(24-2)9-5-16)13-22(15)17-6-10-21(25-3)11-7-17/h4-13H,1-3H3. The molecule has 3 heteroatoms. The third-order valence-electron chi connectivity index (χ3n) is 4.35. The molecule has 0 aliphatic rings. The summed E-state index contributed by atoms with van der Waals surface area (Å²) in [6.07, 6.45) is 0. The van der Waals surface area contributed by atoms with Crippen molar-refractivity contribution in [3.8, 4) is 39.8 Å². The van der Waals surface area contributed by atoms with E-state index in [4.69, 9.17) is 9.47 Å². The second kappa shape index (κ2) is 7.11. The summed E-state index contributed by atoms with van der Waals surface area (Å²) < 4.78 is 10.5. The van der Waals surface area contributed by atoms with Crippen molar-refractivity contribution in [3.05, 3.63) is 71.8 Å². The first kappa shape index (κ1) is 16.6. The van der Waals surface area contributed by atoms with Gasteiger partial charge in [-0.1, -0.05) is 24.3 Å². The van der Waals surface area contributed by atoms with Crippen molar-refractivity contribution in [3.63, 3.8) is 0 Å². The fourth-order valence-electron chi connectivity index (χ4n) is 2.85. The fourth-order valence-corrected chi connectivity index (χ4v) is 2.85. The Morgan fingerprint density at radius 3 is 1.72 bits per heavy atom. The van der Waals surface area contributed by atoms with Gasteiger partial charge in [0.2, 0.25) is 0 Å². The Labute approximate surface area is 148 Å². The monoisotopic (exact) mass is 329 g/mol. The Bertz CT molecular complexity index is 920. The molecule has 3 aromatic rings. The fraction of sp³-hybridized carbons (Fsp3) is 0.136. The van der Waals surface area contributed by atoms with E-state index < -0.39 is 0 Å². The summed E-state index contributed by atoms with van der Waals surface area (Å²) in [5.74, 6) is 1.62. The van der Waals surface area contributed by atoms with E-state index in [-0.39, 0.29) is 0 Å². The number of ether oxygens (including phenoxy) is 2. The SMILES string of the molecule is COc1ccc(-c2cc(C#N)c(C)c(-c3ccc(OC)cc3)c2)cc1. The van der Waals surface area contributed by atoms with Gasteiger partial charge in [-0.05, 0) is 71.1 Å². The predicted molar refractivity (Wildman–Crippen MR) is 99.9 cm³/mol. The molecule has 3 rings (SSSR count). The Hall–Kier alpha value is -3.25. The van der Waals surface area contributed by atoms with Gasteiger partial charge in [0.15, 0.2) is 0 Å². The lowest BCUT2D eigenvalue weighted by atomic mass is 9.92. The van der Waals surface area contributed by atoms with Crippen molar-refractivity contribution in [1.82, 2.24) is 0 Å². The molecule has 0 unspecified atom stereocenters. The number of benzene rings is 3. The zero-order valence-corrected chi connectivity index (χ0v) is 14.5. The van der Waals surface area contributed by atoms with Crippen molar-refractivity contribution in [2.24, 2.45) is 0 Å². The Morgan fingerprint density at radius 2 is 1.24 bits per heavy atom. The van der Waals surface area contributed by atoms with Crippen molar-refractivity contribution in [2.75, 3.05) is 14.2 Å². The average Bonchev–Trinajstić information content (AvgIpc) is 2.68. The van der Waals surface area contributed by atoms with Gasteiger partial charge in [-0.3, -0.25) is 0 Å². The highest BCUT2D eigenvalue weighted by atomic mass is 16.5. The molecule has 0 fully saturated rings. The molecule has 0 saturated carbocycles. The minimum absolute atomic E-state index is 0.680. The van der Waals surface area contributed by atoms with Gasteiger partial charge in [-0.15, -0.1) is 0 Å². The summed E-state index contributed by atoms with van der Waals surface area (Å²) in [5, 5.41) is 9.54. The summed E-state index contributed by atoms with van der Waals surface area (Å²) in [6, 6.07) is 22.1.